The van der Waals surface area contributed by atoms with Crippen LogP contribution in [0.15, 0.2) is 33.9 Å². The third kappa shape index (κ3) is 7.22. The minimum atomic E-state index is -0.749. The summed E-state index contributed by atoms with van der Waals surface area (Å²) >= 11 is 1.14. The topological polar surface area (TPSA) is 140 Å². The highest BCUT2D eigenvalue weighted by atomic mass is 32.2. The fourth-order valence-corrected chi connectivity index (χ4v) is 3.97. The Morgan fingerprint density at radius 3 is 2.44 bits per heavy atom. The number of thioether (sulfide) groups is 1. The summed E-state index contributed by atoms with van der Waals surface area (Å²) in [7, 11) is 1.48. The zero-order chi connectivity index (χ0) is 25.4. The van der Waals surface area contributed by atoms with Crippen LogP contribution in [-0.2, 0) is 20.9 Å². The molecule has 186 valence electrons. The Balaban J connectivity index is 2.21. The molecule has 0 aliphatic rings. The van der Waals surface area contributed by atoms with E-state index >= 15 is 0 Å². The van der Waals surface area contributed by atoms with Crippen LogP contribution in [-0.4, -0.2) is 52.6 Å². The first kappa shape index (κ1) is 27.2. The van der Waals surface area contributed by atoms with Crippen molar-refractivity contribution in [2.75, 3.05) is 42.0 Å². The summed E-state index contributed by atoms with van der Waals surface area (Å²) in [6, 6.07) is 7.40. The van der Waals surface area contributed by atoms with Crippen LogP contribution in [0.1, 0.15) is 26.3 Å². The van der Waals surface area contributed by atoms with Crippen molar-refractivity contribution in [3.63, 3.8) is 0 Å². The quantitative estimate of drug-likeness (QED) is 0.436. The number of benzene rings is 1. The molecule has 1 unspecified atom stereocenters. The summed E-state index contributed by atoms with van der Waals surface area (Å²) < 4.78 is 6.36. The molecule has 34 heavy (non-hydrogen) atoms. The molecule has 0 aliphatic heterocycles. The Labute approximate surface area is 202 Å². The summed E-state index contributed by atoms with van der Waals surface area (Å²) in [4.78, 5) is 54.1. The third-order valence-corrected chi connectivity index (χ3v) is 6.09. The maximum atomic E-state index is 13.3. The number of methoxy groups -OCH3 is 1. The molecule has 0 saturated heterocycles. The molecule has 1 heterocycles. The Morgan fingerprint density at radius 2 is 1.85 bits per heavy atom. The van der Waals surface area contributed by atoms with Crippen LogP contribution in [0.2, 0.25) is 0 Å². The number of nitrogens with two attached hydrogens (primary N) is 1. The van der Waals surface area contributed by atoms with Gasteiger partial charge in [-0.3, -0.25) is 23.9 Å². The molecule has 2 aromatic rings. The van der Waals surface area contributed by atoms with Crippen molar-refractivity contribution in [2.45, 2.75) is 39.5 Å². The second-order valence-electron chi connectivity index (χ2n) is 8.35. The van der Waals surface area contributed by atoms with Gasteiger partial charge in [0, 0.05) is 25.9 Å². The summed E-state index contributed by atoms with van der Waals surface area (Å²) in [5.41, 5.74) is 6.47. The van der Waals surface area contributed by atoms with Crippen LogP contribution in [0.25, 0.3) is 0 Å². The summed E-state index contributed by atoms with van der Waals surface area (Å²) in [6.07, 6.45) is 0. The number of ether oxygens (including phenoxy) is 1. The zero-order valence-corrected chi connectivity index (χ0v) is 21.0. The van der Waals surface area contributed by atoms with E-state index < -0.39 is 22.4 Å². The van der Waals surface area contributed by atoms with E-state index in [2.05, 4.69) is 10.3 Å². The first-order valence-corrected chi connectivity index (χ1v) is 12.0. The normalized spacial score (nSPS) is 11.9. The molecule has 11 heteroatoms. The lowest BCUT2D eigenvalue weighted by Gasteiger charge is -2.27. The smallest absolute Gasteiger partial charge is 0.330 e. The molecule has 2 rings (SSSR count). The predicted octanol–water partition coefficient (Wildman–Crippen LogP) is 1.82. The number of hydrogen-bond acceptors (Lipinski definition) is 7. The van der Waals surface area contributed by atoms with Crippen LogP contribution in [0.3, 0.4) is 0 Å². The fourth-order valence-electron chi connectivity index (χ4n) is 3.22. The minimum Gasteiger partial charge on any atom is -0.383 e. The highest BCUT2D eigenvalue weighted by Crippen LogP contribution is 2.22. The summed E-state index contributed by atoms with van der Waals surface area (Å²) in [5, 5.41) is 2.13. The number of anilines is 3. The molecule has 2 amide bonds. The molecule has 0 bridgehead atoms. The van der Waals surface area contributed by atoms with Gasteiger partial charge in [-0.05, 0) is 31.9 Å². The van der Waals surface area contributed by atoms with Crippen molar-refractivity contribution in [1.82, 2.24) is 9.55 Å². The van der Waals surface area contributed by atoms with Gasteiger partial charge in [0.05, 0.1) is 17.6 Å². The first-order chi connectivity index (χ1) is 16.0. The lowest BCUT2D eigenvalue weighted by molar-refractivity contribution is -0.118. The van der Waals surface area contributed by atoms with Gasteiger partial charge in [-0.15, -0.1) is 11.8 Å². The monoisotopic (exact) mass is 491 g/mol. The van der Waals surface area contributed by atoms with E-state index in [9.17, 15) is 19.2 Å². The number of H-pyrrole nitrogens is 1. The van der Waals surface area contributed by atoms with E-state index in [0.717, 1.165) is 17.3 Å². The van der Waals surface area contributed by atoms with Gasteiger partial charge in [-0.25, -0.2) is 4.79 Å². The number of aromatic nitrogens is 2. The molecule has 10 nitrogen and oxygen atoms in total. The van der Waals surface area contributed by atoms with Crippen molar-refractivity contribution in [3.8, 4) is 0 Å². The number of aromatic amines is 1. The number of carbonyl (C=O) groups is 2. The van der Waals surface area contributed by atoms with Gasteiger partial charge in [0.25, 0.3) is 5.56 Å². The zero-order valence-electron chi connectivity index (χ0n) is 20.2. The maximum absolute atomic E-state index is 13.3. The van der Waals surface area contributed by atoms with E-state index in [-0.39, 0.29) is 48.8 Å². The molecule has 1 aromatic carbocycles. The Morgan fingerprint density at radius 1 is 1.21 bits per heavy atom. The largest absolute Gasteiger partial charge is 0.383 e. The number of nitrogens with zero attached hydrogens (tertiary/aromatic N) is 2. The average molecular weight is 492 g/mol. The van der Waals surface area contributed by atoms with Gasteiger partial charge < -0.3 is 20.7 Å². The van der Waals surface area contributed by atoms with Gasteiger partial charge in [0.2, 0.25) is 11.8 Å². The SMILES string of the molecule is COCCN(C(=O)C(C)SCC(=O)Nc1ccc(C)cc1)c1c(N)n(CC(C)C)c(=O)[nH]c1=O. The van der Waals surface area contributed by atoms with Crippen LogP contribution < -0.4 is 27.2 Å². The first-order valence-electron chi connectivity index (χ1n) is 11.0. The summed E-state index contributed by atoms with van der Waals surface area (Å²) in [5.74, 6) is -0.626. The van der Waals surface area contributed by atoms with Crippen LogP contribution >= 0.6 is 11.8 Å². The van der Waals surface area contributed by atoms with Crippen molar-refractivity contribution >= 4 is 40.8 Å². The van der Waals surface area contributed by atoms with E-state index in [1.54, 1.807) is 19.1 Å². The van der Waals surface area contributed by atoms with Crippen LogP contribution in [0, 0.1) is 12.8 Å². The second-order valence-corrected chi connectivity index (χ2v) is 9.68. The fraction of sp³-hybridized carbons (Fsp3) is 0.478. The lowest BCUT2D eigenvalue weighted by atomic mass is 10.2. The molecule has 0 fully saturated rings. The molecule has 1 aromatic heterocycles. The maximum Gasteiger partial charge on any atom is 0.330 e. The van der Waals surface area contributed by atoms with Gasteiger partial charge in [0.1, 0.15) is 5.82 Å². The van der Waals surface area contributed by atoms with Crippen molar-refractivity contribution in [2.24, 2.45) is 5.92 Å². The Hall–Kier alpha value is -3.05. The molecular formula is C23H33N5O5S. The van der Waals surface area contributed by atoms with Crippen LogP contribution in [0.4, 0.5) is 17.2 Å². The number of amides is 2. The number of nitrogens with one attached hydrogen (secondary N) is 2. The minimum absolute atomic E-state index is 0.0393. The highest BCUT2D eigenvalue weighted by molar-refractivity contribution is 8.01. The lowest BCUT2D eigenvalue weighted by Crippen LogP contribution is -2.45. The summed E-state index contributed by atoms with van der Waals surface area (Å²) in [6.45, 7) is 7.92. The van der Waals surface area contributed by atoms with E-state index in [1.165, 1.54) is 16.6 Å². The van der Waals surface area contributed by atoms with E-state index in [4.69, 9.17) is 10.5 Å². The number of carbonyl (C=O) groups excluding carboxylic acids is 2. The van der Waals surface area contributed by atoms with Crippen LogP contribution in [0.5, 0.6) is 0 Å². The third-order valence-electron chi connectivity index (χ3n) is 4.96. The van der Waals surface area contributed by atoms with Gasteiger partial charge in [0.15, 0.2) is 5.69 Å². The van der Waals surface area contributed by atoms with Gasteiger partial charge >= 0.3 is 5.69 Å². The van der Waals surface area contributed by atoms with E-state index in [0.29, 0.717) is 5.69 Å². The highest BCUT2D eigenvalue weighted by Gasteiger charge is 2.28. The van der Waals surface area contributed by atoms with Gasteiger partial charge in [-0.2, -0.15) is 0 Å². The molecule has 0 saturated carbocycles. The standard InChI is InChI=1S/C23H33N5O5S/c1-14(2)12-28-20(24)19(21(30)26-23(28)32)27(10-11-33-5)22(31)16(4)34-13-18(29)25-17-8-6-15(3)7-9-17/h6-9,14,16H,10-13,24H2,1-5H3,(H,25,29)(H,26,30,32). The van der Waals surface area contributed by atoms with Gasteiger partial charge in [-0.1, -0.05) is 31.5 Å². The average Bonchev–Trinajstić information content (AvgIpc) is 2.78. The molecule has 4 N–H and O–H groups in total. The molecule has 1 atom stereocenters. The Kier molecular flexibility index (Phi) is 9.94. The Bertz CT molecular complexity index is 1110. The number of aryl methyl sites for hydroxylation is 1. The molecule has 0 aliphatic carbocycles. The molecule has 0 spiro atoms. The number of rotatable bonds is 11. The number of nitrogen functional groups attached to an aromatic ring is 1. The van der Waals surface area contributed by atoms with Crippen molar-refractivity contribution in [3.05, 3.63) is 50.7 Å². The molecular weight excluding hydrogens is 458 g/mol. The second kappa shape index (κ2) is 12.4. The van der Waals surface area contributed by atoms with E-state index in [1.807, 2.05) is 32.9 Å². The number of hydrogen-bond donors (Lipinski definition) is 3. The molecule has 0 radical (unpaired) electrons. The van der Waals surface area contributed by atoms with Crippen molar-refractivity contribution < 1.29 is 14.3 Å². The van der Waals surface area contributed by atoms with Crippen molar-refractivity contribution in [1.29, 1.82) is 0 Å². The predicted molar refractivity (Wildman–Crippen MR) is 137 cm³/mol.